The Balaban J connectivity index is 1.69. The van der Waals surface area contributed by atoms with Crippen LogP contribution in [0, 0.1) is 0 Å². The van der Waals surface area contributed by atoms with Crippen LogP contribution in [0.4, 0.5) is 0 Å². The molecule has 1 heterocycles. The topological polar surface area (TPSA) is 123 Å². The molecule has 1 aromatic heterocycles. The molecule has 4 aromatic rings. The number of rotatable bonds is 9. The van der Waals surface area contributed by atoms with Crippen LogP contribution in [0.5, 0.6) is 0 Å². The molecule has 0 spiro atoms. The maximum absolute atomic E-state index is 13.5. The summed E-state index contributed by atoms with van der Waals surface area (Å²) < 4.78 is 1.35. The summed E-state index contributed by atoms with van der Waals surface area (Å²) in [6.45, 7) is -0.0998. The lowest BCUT2D eigenvalue weighted by Gasteiger charge is -2.14. The smallest absolute Gasteiger partial charge is 0.293 e. The molecule has 0 bridgehead atoms. The van der Waals surface area contributed by atoms with Crippen molar-refractivity contribution < 1.29 is 14.4 Å². The molecule has 3 N–H and O–H groups in total. The zero-order valence-electron chi connectivity index (χ0n) is 21.3. The minimum absolute atomic E-state index is 0.0998. The Hall–Kier alpha value is -4.05. The number of amides is 2. The quantitative estimate of drug-likeness (QED) is 0.299. The normalized spacial score (nSPS) is 11.6. The minimum atomic E-state index is -0.806. The van der Waals surface area contributed by atoms with Gasteiger partial charge in [0.25, 0.3) is 5.91 Å². The number of ketones is 1. The first-order valence-electron chi connectivity index (χ1n) is 12.0. The van der Waals surface area contributed by atoms with Crippen molar-refractivity contribution in [1.29, 1.82) is 0 Å². The molecule has 0 aliphatic rings. The Labute approximate surface area is 235 Å². The first-order valence-corrected chi connectivity index (χ1v) is 12.7. The molecular weight excluding hydrogens is 539 g/mol. The molecule has 4 rings (SSSR count). The van der Waals surface area contributed by atoms with Gasteiger partial charge in [-0.25, -0.2) is 9.67 Å². The molecule has 0 saturated heterocycles. The summed E-state index contributed by atoms with van der Waals surface area (Å²) in [5.74, 6) is -1.14. The summed E-state index contributed by atoms with van der Waals surface area (Å²) in [6.07, 6.45) is 0.345. The van der Waals surface area contributed by atoms with Crippen molar-refractivity contribution >= 4 is 40.8 Å². The lowest BCUT2D eigenvalue weighted by molar-refractivity contribution is -0.122. The van der Waals surface area contributed by atoms with Crippen molar-refractivity contribution in [2.45, 2.75) is 19.0 Å². The van der Waals surface area contributed by atoms with Gasteiger partial charge in [-0.3, -0.25) is 14.4 Å². The van der Waals surface area contributed by atoms with Crippen molar-refractivity contribution in [3.8, 4) is 5.69 Å². The van der Waals surface area contributed by atoms with E-state index < -0.39 is 23.6 Å². The van der Waals surface area contributed by atoms with Gasteiger partial charge in [0.1, 0.15) is 0 Å². The van der Waals surface area contributed by atoms with E-state index in [1.54, 1.807) is 50.5 Å². The van der Waals surface area contributed by atoms with Crippen LogP contribution in [-0.4, -0.2) is 57.4 Å². The third kappa shape index (κ3) is 6.51. The first-order chi connectivity index (χ1) is 18.7. The Kier molecular flexibility index (Phi) is 8.75. The van der Waals surface area contributed by atoms with Crippen LogP contribution in [0.25, 0.3) is 5.69 Å². The number of hydrogen-bond donors (Lipinski definition) is 2. The van der Waals surface area contributed by atoms with Crippen molar-refractivity contribution in [2.75, 3.05) is 14.1 Å². The van der Waals surface area contributed by atoms with Crippen molar-refractivity contribution in [3.05, 3.63) is 111 Å². The molecule has 11 heteroatoms. The first kappa shape index (κ1) is 28.0. The second kappa shape index (κ2) is 12.2. The molecule has 3 aromatic carbocycles. The highest BCUT2D eigenvalue weighted by Gasteiger charge is 2.24. The van der Waals surface area contributed by atoms with Crippen molar-refractivity contribution in [3.63, 3.8) is 0 Å². The van der Waals surface area contributed by atoms with Gasteiger partial charge in [-0.15, -0.1) is 5.10 Å². The second-order valence-electron chi connectivity index (χ2n) is 8.95. The number of carbonyl (C=O) groups excluding carboxylic acids is 3. The zero-order valence-corrected chi connectivity index (χ0v) is 22.8. The van der Waals surface area contributed by atoms with Crippen LogP contribution in [0.15, 0.2) is 72.8 Å². The molecule has 9 nitrogen and oxygen atoms in total. The number of nitrogens with two attached hydrogens (primary N) is 1. The van der Waals surface area contributed by atoms with E-state index in [9.17, 15) is 14.4 Å². The fourth-order valence-electron chi connectivity index (χ4n) is 3.87. The van der Waals surface area contributed by atoms with Crippen molar-refractivity contribution in [2.24, 2.45) is 5.73 Å². The molecule has 1 atom stereocenters. The molecule has 0 radical (unpaired) electrons. The highest BCUT2D eigenvalue weighted by Crippen LogP contribution is 2.26. The molecule has 0 unspecified atom stereocenters. The molecule has 0 fully saturated rings. The van der Waals surface area contributed by atoms with E-state index in [1.807, 2.05) is 30.3 Å². The number of benzene rings is 3. The predicted molar refractivity (Wildman–Crippen MR) is 149 cm³/mol. The Bertz CT molecular complexity index is 1520. The van der Waals surface area contributed by atoms with Crippen LogP contribution < -0.4 is 11.1 Å². The maximum atomic E-state index is 13.5. The SMILES string of the molecule is CN(C)C(=O)c1nc(CNC(=O)[C@H](N)Cc2ccccc2)n(-c2ccc(Cl)cc2C(=O)c2ccccc2Cl)n1. The molecule has 0 aliphatic heterocycles. The predicted octanol–water partition coefficient (Wildman–Crippen LogP) is 3.69. The van der Waals surface area contributed by atoms with E-state index >= 15 is 0 Å². The molecule has 39 heavy (non-hydrogen) atoms. The maximum Gasteiger partial charge on any atom is 0.293 e. The summed E-state index contributed by atoms with van der Waals surface area (Å²) in [5.41, 5.74) is 7.83. The molecule has 2 amide bonds. The Morgan fingerprint density at radius 1 is 0.974 bits per heavy atom. The van der Waals surface area contributed by atoms with Gasteiger partial charge in [-0.05, 0) is 42.3 Å². The van der Waals surface area contributed by atoms with Crippen LogP contribution >= 0.6 is 23.2 Å². The highest BCUT2D eigenvalue weighted by atomic mass is 35.5. The number of nitrogens with one attached hydrogen (secondary N) is 1. The number of carbonyl (C=O) groups is 3. The van der Waals surface area contributed by atoms with Gasteiger partial charge in [0.05, 0.1) is 23.3 Å². The minimum Gasteiger partial charge on any atom is -0.347 e. The number of hydrogen-bond acceptors (Lipinski definition) is 6. The summed E-state index contributed by atoms with van der Waals surface area (Å²) in [5, 5.41) is 7.75. The fourth-order valence-corrected chi connectivity index (χ4v) is 4.26. The Morgan fingerprint density at radius 2 is 1.67 bits per heavy atom. The van der Waals surface area contributed by atoms with E-state index in [-0.39, 0.29) is 34.3 Å². The van der Waals surface area contributed by atoms with Crippen LogP contribution in [0.2, 0.25) is 10.0 Å². The Morgan fingerprint density at radius 3 is 2.36 bits per heavy atom. The van der Waals surface area contributed by atoms with Gasteiger partial charge in [0.15, 0.2) is 11.6 Å². The average molecular weight is 565 g/mol. The van der Waals surface area contributed by atoms with Gasteiger partial charge in [-0.1, -0.05) is 65.7 Å². The summed E-state index contributed by atoms with van der Waals surface area (Å²) >= 11 is 12.5. The van der Waals surface area contributed by atoms with E-state index in [0.29, 0.717) is 17.1 Å². The second-order valence-corrected chi connectivity index (χ2v) is 9.79. The van der Waals surface area contributed by atoms with Gasteiger partial charge in [0.2, 0.25) is 11.7 Å². The number of aromatic nitrogens is 3. The van der Waals surface area contributed by atoms with E-state index in [2.05, 4.69) is 15.4 Å². The van der Waals surface area contributed by atoms with Crippen LogP contribution in [0.1, 0.15) is 37.9 Å². The third-order valence-corrected chi connectivity index (χ3v) is 6.44. The summed E-state index contributed by atoms with van der Waals surface area (Å²) in [6, 6.07) is 19.9. The standard InChI is InChI=1S/C28H26Cl2N6O3/c1-35(2)28(39)26-33-24(16-32-27(38)22(31)14-17-8-4-3-5-9-17)36(34-26)23-13-12-18(29)15-20(23)25(37)19-10-6-7-11-21(19)30/h3-13,15,22H,14,16,31H2,1-2H3,(H,32,38)/t22-/m1/s1. The molecule has 0 aliphatic carbocycles. The third-order valence-electron chi connectivity index (χ3n) is 5.88. The fraction of sp³-hybridized carbons (Fsp3) is 0.179. The van der Waals surface area contributed by atoms with Gasteiger partial charge < -0.3 is 16.0 Å². The largest absolute Gasteiger partial charge is 0.347 e. The molecule has 200 valence electrons. The van der Waals surface area contributed by atoms with E-state index in [4.69, 9.17) is 28.9 Å². The molecule has 0 saturated carbocycles. The summed E-state index contributed by atoms with van der Waals surface area (Å²) in [4.78, 5) is 44.7. The van der Waals surface area contributed by atoms with Gasteiger partial charge in [-0.2, -0.15) is 0 Å². The van der Waals surface area contributed by atoms with E-state index in [0.717, 1.165) is 5.56 Å². The van der Waals surface area contributed by atoms with Crippen molar-refractivity contribution in [1.82, 2.24) is 25.0 Å². The number of halogens is 2. The lowest BCUT2D eigenvalue weighted by Crippen LogP contribution is -2.42. The monoisotopic (exact) mass is 564 g/mol. The number of nitrogens with zero attached hydrogens (tertiary/aromatic N) is 4. The van der Waals surface area contributed by atoms with Crippen LogP contribution in [-0.2, 0) is 17.8 Å². The highest BCUT2D eigenvalue weighted by molar-refractivity contribution is 6.35. The zero-order chi connectivity index (χ0) is 28.1. The molecular formula is C28H26Cl2N6O3. The average Bonchev–Trinajstić information content (AvgIpc) is 3.35. The lowest BCUT2D eigenvalue weighted by atomic mass is 10.0. The summed E-state index contributed by atoms with van der Waals surface area (Å²) in [7, 11) is 3.14. The van der Waals surface area contributed by atoms with Gasteiger partial charge >= 0.3 is 0 Å². The van der Waals surface area contributed by atoms with Gasteiger partial charge in [0, 0.05) is 30.2 Å². The van der Waals surface area contributed by atoms with E-state index in [1.165, 1.54) is 15.6 Å². The van der Waals surface area contributed by atoms with Crippen LogP contribution in [0.3, 0.4) is 0 Å².